The van der Waals surface area contributed by atoms with Gasteiger partial charge in [0.15, 0.2) is 0 Å². The van der Waals surface area contributed by atoms with Crippen LogP contribution < -0.4 is 5.32 Å². The Labute approximate surface area is 144 Å². The van der Waals surface area contributed by atoms with E-state index in [1.165, 1.54) is 11.8 Å². The summed E-state index contributed by atoms with van der Waals surface area (Å²) in [6.45, 7) is 1.92. The number of aromatic nitrogens is 1. The molecule has 0 spiro atoms. The topological polar surface area (TPSA) is 42.0 Å². The minimum absolute atomic E-state index is 0.0478. The number of hydrogen-bond donors (Lipinski definition) is 1. The van der Waals surface area contributed by atoms with Crippen molar-refractivity contribution in [3.8, 4) is 0 Å². The van der Waals surface area contributed by atoms with Crippen molar-refractivity contribution in [2.75, 3.05) is 11.1 Å². The van der Waals surface area contributed by atoms with Gasteiger partial charge in [0.25, 0.3) is 0 Å². The number of aryl methyl sites for hydroxylation is 1. The van der Waals surface area contributed by atoms with E-state index in [9.17, 15) is 4.79 Å². The van der Waals surface area contributed by atoms with E-state index in [1.807, 2.05) is 49.4 Å². The lowest BCUT2D eigenvalue weighted by atomic mass is 10.2. The van der Waals surface area contributed by atoms with Crippen LogP contribution in [0.3, 0.4) is 0 Å². The number of benzene rings is 2. The summed E-state index contributed by atoms with van der Waals surface area (Å²) in [6, 6.07) is 15.3. The van der Waals surface area contributed by atoms with Gasteiger partial charge in [-0.1, -0.05) is 29.8 Å². The van der Waals surface area contributed by atoms with Crippen LogP contribution in [0.25, 0.3) is 10.9 Å². The van der Waals surface area contributed by atoms with Gasteiger partial charge in [-0.2, -0.15) is 0 Å². The van der Waals surface area contributed by atoms with Crippen molar-refractivity contribution in [2.45, 2.75) is 11.8 Å². The van der Waals surface area contributed by atoms with Gasteiger partial charge in [-0.3, -0.25) is 9.78 Å². The molecule has 0 aliphatic heterocycles. The van der Waals surface area contributed by atoms with Crippen molar-refractivity contribution in [2.24, 2.45) is 0 Å². The normalized spacial score (nSPS) is 10.7. The molecule has 0 saturated heterocycles. The molecule has 1 heterocycles. The van der Waals surface area contributed by atoms with Gasteiger partial charge < -0.3 is 5.32 Å². The summed E-state index contributed by atoms with van der Waals surface area (Å²) < 4.78 is 0. The second-order valence-electron chi connectivity index (χ2n) is 5.13. The number of carbonyl (C=O) groups excluding carboxylic acids is 1. The Morgan fingerprint density at radius 2 is 2.04 bits per heavy atom. The third kappa shape index (κ3) is 3.84. The van der Waals surface area contributed by atoms with Gasteiger partial charge in [0.1, 0.15) is 0 Å². The molecule has 3 rings (SSSR count). The van der Waals surface area contributed by atoms with Gasteiger partial charge in [0.05, 0.1) is 11.3 Å². The zero-order chi connectivity index (χ0) is 16.2. The van der Waals surface area contributed by atoms with Crippen LogP contribution in [0.2, 0.25) is 5.02 Å². The van der Waals surface area contributed by atoms with Crippen LogP contribution in [0, 0.1) is 6.92 Å². The molecule has 0 atom stereocenters. The van der Waals surface area contributed by atoms with E-state index in [1.54, 1.807) is 12.3 Å². The molecule has 3 aromatic rings. The van der Waals surface area contributed by atoms with Crippen LogP contribution in [0.5, 0.6) is 0 Å². The molecule has 0 bridgehead atoms. The zero-order valence-electron chi connectivity index (χ0n) is 12.5. The van der Waals surface area contributed by atoms with Gasteiger partial charge in [0, 0.05) is 27.2 Å². The summed E-state index contributed by atoms with van der Waals surface area (Å²) in [5.41, 5.74) is 2.66. The maximum absolute atomic E-state index is 12.2. The number of amides is 1. The maximum atomic E-state index is 12.2. The Hall–Kier alpha value is -2.04. The quantitative estimate of drug-likeness (QED) is 0.684. The molecule has 5 heteroatoms. The molecule has 1 aromatic heterocycles. The molecule has 0 radical (unpaired) electrons. The van der Waals surface area contributed by atoms with Gasteiger partial charge >= 0.3 is 0 Å². The van der Waals surface area contributed by atoms with E-state index >= 15 is 0 Å². The molecule has 0 aliphatic rings. The minimum atomic E-state index is -0.0478. The Balaban J connectivity index is 1.69. The number of fused-ring (bicyclic) bond motifs is 1. The standard InChI is InChI=1S/C18H15ClN2OS/c1-12-10-14(19)7-8-15(12)21-17(22)11-23-16-6-2-4-13-5-3-9-20-18(13)16/h2-10H,11H2,1H3,(H,21,22). The summed E-state index contributed by atoms with van der Waals surface area (Å²) in [5, 5.41) is 4.66. The molecule has 0 aliphatic carbocycles. The van der Waals surface area contributed by atoms with Crippen molar-refractivity contribution in [3.63, 3.8) is 0 Å². The predicted molar refractivity (Wildman–Crippen MR) is 97.3 cm³/mol. The summed E-state index contributed by atoms with van der Waals surface area (Å²) in [4.78, 5) is 17.6. The van der Waals surface area contributed by atoms with Gasteiger partial charge in [-0.05, 0) is 42.8 Å². The lowest BCUT2D eigenvalue weighted by molar-refractivity contribution is -0.113. The molecule has 3 nitrogen and oxygen atoms in total. The highest BCUT2D eigenvalue weighted by atomic mass is 35.5. The van der Waals surface area contributed by atoms with Crippen LogP contribution in [-0.4, -0.2) is 16.6 Å². The summed E-state index contributed by atoms with van der Waals surface area (Å²) in [7, 11) is 0. The average Bonchev–Trinajstić information content (AvgIpc) is 2.55. The Kier molecular flexibility index (Phi) is 4.84. The number of nitrogens with one attached hydrogen (secondary N) is 1. The lowest BCUT2D eigenvalue weighted by Gasteiger charge is -2.09. The summed E-state index contributed by atoms with van der Waals surface area (Å²) in [5.74, 6) is 0.283. The van der Waals surface area contributed by atoms with Crippen LogP contribution in [0.4, 0.5) is 5.69 Å². The molecule has 0 fully saturated rings. The average molecular weight is 343 g/mol. The van der Waals surface area contributed by atoms with Crippen LogP contribution in [0.15, 0.2) is 59.6 Å². The summed E-state index contributed by atoms with van der Waals surface area (Å²) in [6.07, 6.45) is 1.77. The van der Waals surface area contributed by atoms with E-state index < -0.39 is 0 Å². The third-order valence-corrected chi connectivity index (χ3v) is 4.70. The van der Waals surface area contributed by atoms with Crippen molar-refractivity contribution in [1.82, 2.24) is 4.98 Å². The number of rotatable bonds is 4. The molecule has 23 heavy (non-hydrogen) atoms. The fraction of sp³-hybridized carbons (Fsp3) is 0.111. The van der Waals surface area contributed by atoms with Gasteiger partial charge in [0.2, 0.25) is 5.91 Å². The second kappa shape index (κ2) is 7.02. The summed E-state index contributed by atoms with van der Waals surface area (Å²) >= 11 is 7.41. The van der Waals surface area contributed by atoms with E-state index in [4.69, 9.17) is 11.6 Å². The van der Waals surface area contributed by atoms with Gasteiger partial charge in [-0.25, -0.2) is 0 Å². The molecule has 0 unspecified atom stereocenters. The van der Waals surface area contributed by atoms with Crippen LogP contribution in [-0.2, 0) is 4.79 Å². The molecule has 116 valence electrons. The van der Waals surface area contributed by atoms with E-state index in [2.05, 4.69) is 10.3 Å². The van der Waals surface area contributed by atoms with Crippen molar-refractivity contribution in [1.29, 1.82) is 0 Å². The smallest absolute Gasteiger partial charge is 0.234 e. The first-order valence-corrected chi connectivity index (χ1v) is 8.52. The number of anilines is 1. The first-order chi connectivity index (χ1) is 11.1. The van der Waals surface area contributed by atoms with Crippen molar-refractivity contribution in [3.05, 3.63) is 65.3 Å². The Morgan fingerprint density at radius 1 is 1.22 bits per heavy atom. The fourth-order valence-corrected chi connectivity index (χ4v) is 3.36. The molecular weight excluding hydrogens is 328 g/mol. The first kappa shape index (κ1) is 15.8. The number of thioether (sulfide) groups is 1. The predicted octanol–water partition coefficient (Wildman–Crippen LogP) is 4.93. The van der Waals surface area contributed by atoms with E-state index in [0.717, 1.165) is 27.0 Å². The largest absolute Gasteiger partial charge is 0.325 e. The van der Waals surface area contributed by atoms with Crippen LogP contribution in [0.1, 0.15) is 5.56 Å². The molecule has 1 N–H and O–H groups in total. The highest BCUT2D eigenvalue weighted by Crippen LogP contribution is 2.26. The zero-order valence-corrected chi connectivity index (χ0v) is 14.1. The number of hydrogen-bond acceptors (Lipinski definition) is 3. The number of halogens is 1. The molecule has 1 amide bonds. The molecular formula is C18H15ClN2OS. The third-order valence-electron chi connectivity index (χ3n) is 3.42. The highest BCUT2D eigenvalue weighted by Gasteiger charge is 2.08. The van der Waals surface area contributed by atoms with Crippen molar-refractivity contribution < 1.29 is 4.79 Å². The number of pyridine rings is 1. The second-order valence-corrected chi connectivity index (χ2v) is 6.58. The molecule has 2 aromatic carbocycles. The Morgan fingerprint density at radius 3 is 2.87 bits per heavy atom. The molecule has 0 saturated carbocycles. The highest BCUT2D eigenvalue weighted by molar-refractivity contribution is 8.00. The lowest BCUT2D eigenvalue weighted by Crippen LogP contribution is -2.14. The maximum Gasteiger partial charge on any atom is 0.234 e. The first-order valence-electron chi connectivity index (χ1n) is 7.16. The van der Waals surface area contributed by atoms with E-state index in [-0.39, 0.29) is 5.91 Å². The number of para-hydroxylation sites is 1. The monoisotopic (exact) mass is 342 g/mol. The SMILES string of the molecule is Cc1cc(Cl)ccc1NC(=O)CSc1cccc2cccnc12. The van der Waals surface area contributed by atoms with Crippen LogP contribution >= 0.6 is 23.4 Å². The van der Waals surface area contributed by atoms with Crippen molar-refractivity contribution >= 4 is 45.9 Å². The number of nitrogens with zero attached hydrogens (tertiary/aromatic N) is 1. The van der Waals surface area contributed by atoms with Gasteiger partial charge in [-0.15, -0.1) is 11.8 Å². The Bertz CT molecular complexity index is 861. The minimum Gasteiger partial charge on any atom is -0.325 e. The fourth-order valence-electron chi connectivity index (χ4n) is 2.29. The van der Waals surface area contributed by atoms with E-state index in [0.29, 0.717) is 10.8 Å². The number of carbonyl (C=O) groups is 1.